The lowest BCUT2D eigenvalue weighted by atomic mass is 9.95. The molecule has 2 heterocycles. The van der Waals surface area contributed by atoms with Gasteiger partial charge < -0.3 is 5.32 Å². The van der Waals surface area contributed by atoms with Crippen LogP contribution in [0.5, 0.6) is 0 Å². The van der Waals surface area contributed by atoms with E-state index in [-0.39, 0.29) is 11.8 Å². The average Bonchev–Trinajstić information content (AvgIpc) is 3.31. The van der Waals surface area contributed by atoms with Gasteiger partial charge in [0.1, 0.15) is 0 Å². The van der Waals surface area contributed by atoms with Gasteiger partial charge in [0.2, 0.25) is 5.91 Å². The molecule has 2 aliphatic heterocycles. The highest BCUT2D eigenvalue weighted by Gasteiger charge is 2.33. The van der Waals surface area contributed by atoms with E-state index in [0.29, 0.717) is 32.5 Å². The van der Waals surface area contributed by atoms with Crippen LogP contribution < -0.4 is 5.32 Å². The fourth-order valence-electron chi connectivity index (χ4n) is 4.88. The second kappa shape index (κ2) is 10.7. The third-order valence-corrected chi connectivity index (χ3v) is 6.70. The van der Waals surface area contributed by atoms with Gasteiger partial charge in [0.15, 0.2) is 0 Å². The summed E-state index contributed by atoms with van der Waals surface area (Å²) < 4.78 is 37.7. The molecule has 0 spiro atoms. The van der Waals surface area contributed by atoms with Crippen molar-refractivity contribution < 1.29 is 18.0 Å². The molecular formula is C26H32F3N3O. The normalized spacial score (nSPS) is 18.5. The number of hydrogen-bond acceptors (Lipinski definition) is 3. The number of benzene rings is 2. The first-order valence-electron chi connectivity index (χ1n) is 11.8. The van der Waals surface area contributed by atoms with Crippen molar-refractivity contribution in [2.45, 2.75) is 44.9 Å². The summed E-state index contributed by atoms with van der Waals surface area (Å²) in [5.74, 6) is -0.302. The minimum absolute atomic E-state index is 0.0718. The zero-order valence-electron chi connectivity index (χ0n) is 18.9. The smallest absolute Gasteiger partial charge is 0.352 e. The fourth-order valence-corrected chi connectivity index (χ4v) is 4.88. The quantitative estimate of drug-likeness (QED) is 0.644. The molecule has 33 heavy (non-hydrogen) atoms. The lowest BCUT2D eigenvalue weighted by Crippen LogP contribution is -2.43. The lowest BCUT2D eigenvalue weighted by Gasteiger charge is -2.31. The van der Waals surface area contributed by atoms with E-state index in [1.54, 1.807) is 0 Å². The summed E-state index contributed by atoms with van der Waals surface area (Å²) in [5.41, 5.74) is 4.55. The van der Waals surface area contributed by atoms with E-state index in [1.165, 1.54) is 36.4 Å². The van der Waals surface area contributed by atoms with Crippen LogP contribution in [0.1, 0.15) is 36.8 Å². The Labute approximate surface area is 193 Å². The summed E-state index contributed by atoms with van der Waals surface area (Å²) in [7, 11) is 0. The van der Waals surface area contributed by atoms with Gasteiger partial charge in [-0.25, -0.2) is 0 Å². The summed E-state index contributed by atoms with van der Waals surface area (Å²) in [6, 6.07) is 16.7. The summed E-state index contributed by atoms with van der Waals surface area (Å²) in [6.45, 7) is 3.45. The Morgan fingerprint density at radius 3 is 2.24 bits per heavy atom. The Morgan fingerprint density at radius 2 is 1.58 bits per heavy atom. The molecule has 0 unspecified atom stereocenters. The highest BCUT2D eigenvalue weighted by molar-refractivity contribution is 5.79. The van der Waals surface area contributed by atoms with Gasteiger partial charge in [-0.3, -0.25) is 14.6 Å². The molecule has 2 fully saturated rings. The second-order valence-electron chi connectivity index (χ2n) is 9.22. The lowest BCUT2D eigenvalue weighted by molar-refractivity contribution is -0.149. The first-order chi connectivity index (χ1) is 15.9. The topological polar surface area (TPSA) is 35.6 Å². The van der Waals surface area contributed by atoms with Gasteiger partial charge in [-0.2, -0.15) is 13.2 Å². The van der Waals surface area contributed by atoms with Crippen LogP contribution in [-0.2, 0) is 17.9 Å². The van der Waals surface area contributed by atoms with Gasteiger partial charge in [-0.15, -0.1) is 0 Å². The van der Waals surface area contributed by atoms with Crippen LogP contribution >= 0.6 is 0 Å². The van der Waals surface area contributed by atoms with E-state index in [0.717, 1.165) is 23.2 Å². The third-order valence-electron chi connectivity index (χ3n) is 6.70. The molecule has 2 aromatic carbocycles. The molecular weight excluding hydrogens is 427 g/mol. The maximum Gasteiger partial charge on any atom is 0.401 e. The van der Waals surface area contributed by atoms with Crippen molar-refractivity contribution in [3.8, 4) is 11.1 Å². The molecule has 2 aliphatic rings. The van der Waals surface area contributed by atoms with Crippen molar-refractivity contribution in [3.05, 3.63) is 59.7 Å². The zero-order valence-corrected chi connectivity index (χ0v) is 18.9. The number of carbonyl (C=O) groups is 1. The van der Waals surface area contributed by atoms with Crippen LogP contribution in [0.4, 0.5) is 13.2 Å². The van der Waals surface area contributed by atoms with Crippen LogP contribution in [0.3, 0.4) is 0 Å². The van der Waals surface area contributed by atoms with E-state index in [1.807, 2.05) is 18.2 Å². The van der Waals surface area contributed by atoms with E-state index in [9.17, 15) is 18.0 Å². The van der Waals surface area contributed by atoms with Crippen molar-refractivity contribution >= 4 is 5.91 Å². The molecule has 0 aromatic heterocycles. The van der Waals surface area contributed by atoms with Gasteiger partial charge in [0.05, 0.1) is 6.54 Å². The molecule has 1 amide bonds. The highest BCUT2D eigenvalue weighted by atomic mass is 19.4. The summed E-state index contributed by atoms with van der Waals surface area (Å²) in [5, 5.41) is 3.02. The SMILES string of the molecule is O=C(NCc1ccccc1-c1ccc(CN2CCCC2)cc1)C1CCN(CC(F)(F)F)CC1. The third kappa shape index (κ3) is 6.81. The van der Waals surface area contributed by atoms with Gasteiger partial charge in [-0.05, 0) is 74.1 Å². The van der Waals surface area contributed by atoms with Gasteiger partial charge in [0.25, 0.3) is 0 Å². The predicted molar refractivity (Wildman–Crippen MR) is 123 cm³/mol. The Balaban J connectivity index is 1.32. The van der Waals surface area contributed by atoms with Crippen LogP contribution in [0.2, 0.25) is 0 Å². The Morgan fingerprint density at radius 1 is 0.909 bits per heavy atom. The molecule has 1 N–H and O–H groups in total. The molecule has 0 atom stereocenters. The maximum atomic E-state index is 12.7. The summed E-state index contributed by atoms with van der Waals surface area (Å²) in [4.78, 5) is 16.5. The minimum Gasteiger partial charge on any atom is -0.352 e. The number of rotatable bonds is 7. The second-order valence-corrected chi connectivity index (χ2v) is 9.22. The maximum absolute atomic E-state index is 12.7. The summed E-state index contributed by atoms with van der Waals surface area (Å²) >= 11 is 0. The fraction of sp³-hybridized carbons (Fsp3) is 0.500. The molecule has 0 radical (unpaired) electrons. The monoisotopic (exact) mass is 459 g/mol. The average molecular weight is 460 g/mol. The minimum atomic E-state index is -4.19. The molecule has 0 bridgehead atoms. The van der Waals surface area contributed by atoms with Gasteiger partial charge in [-0.1, -0.05) is 48.5 Å². The number of nitrogens with zero attached hydrogens (tertiary/aromatic N) is 2. The van der Waals surface area contributed by atoms with E-state index in [4.69, 9.17) is 0 Å². The number of alkyl halides is 3. The van der Waals surface area contributed by atoms with Crippen molar-refractivity contribution in [2.24, 2.45) is 5.92 Å². The number of nitrogens with one attached hydrogen (secondary N) is 1. The Kier molecular flexibility index (Phi) is 7.71. The molecule has 2 saturated heterocycles. The van der Waals surface area contributed by atoms with Crippen LogP contribution in [0.15, 0.2) is 48.5 Å². The van der Waals surface area contributed by atoms with Crippen LogP contribution in [0.25, 0.3) is 11.1 Å². The van der Waals surface area contributed by atoms with E-state index < -0.39 is 12.7 Å². The molecule has 2 aromatic rings. The predicted octanol–water partition coefficient (Wildman–Crippen LogP) is 4.84. The summed E-state index contributed by atoms with van der Waals surface area (Å²) in [6.07, 6.45) is -0.705. The zero-order chi connectivity index (χ0) is 23.3. The molecule has 0 saturated carbocycles. The molecule has 178 valence electrons. The van der Waals surface area contributed by atoms with Crippen molar-refractivity contribution in [1.29, 1.82) is 0 Å². The van der Waals surface area contributed by atoms with Gasteiger partial charge >= 0.3 is 6.18 Å². The molecule has 0 aliphatic carbocycles. The first-order valence-corrected chi connectivity index (χ1v) is 11.8. The Bertz CT molecular complexity index is 915. The Hall–Kier alpha value is -2.38. The number of halogens is 3. The van der Waals surface area contributed by atoms with Crippen LogP contribution in [0, 0.1) is 5.92 Å². The molecule has 4 rings (SSSR count). The number of likely N-dealkylation sites (tertiary alicyclic amines) is 2. The van der Waals surface area contributed by atoms with E-state index in [2.05, 4.69) is 40.5 Å². The van der Waals surface area contributed by atoms with Gasteiger partial charge in [0, 0.05) is 19.0 Å². The van der Waals surface area contributed by atoms with Crippen molar-refractivity contribution in [2.75, 3.05) is 32.7 Å². The molecule has 7 heteroatoms. The largest absolute Gasteiger partial charge is 0.401 e. The molecule has 4 nitrogen and oxygen atoms in total. The number of hydrogen-bond donors (Lipinski definition) is 1. The van der Waals surface area contributed by atoms with Crippen molar-refractivity contribution in [3.63, 3.8) is 0 Å². The first kappa shape index (κ1) is 23.8. The number of carbonyl (C=O) groups excluding carboxylic acids is 1. The standard InChI is InChI=1S/C26H32F3N3O/c27-26(28,29)19-32-15-11-22(12-16-32)25(33)30-17-23-5-1-2-6-24(23)21-9-7-20(8-10-21)18-31-13-3-4-14-31/h1-2,5-10,22H,3-4,11-19H2,(H,30,33). The van der Waals surface area contributed by atoms with Crippen LogP contribution in [-0.4, -0.2) is 54.6 Å². The number of piperidine rings is 1. The van der Waals surface area contributed by atoms with E-state index >= 15 is 0 Å². The number of amides is 1. The highest BCUT2D eigenvalue weighted by Crippen LogP contribution is 2.26. The van der Waals surface area contributed by atoms with Crippen molar-refractivity contribution in [1.82, 2.24) is 15.1 Å².